The molecule has 38 heavy (non-hydrogen) atoms. The molecule has 0 N–H and O–H groups in total. The number of alkyl halides is 6. The molecule has 3 aromatic carbocycles. The molecule has 198 valence electrons. The summed E-state index contributed by atoms with van der Waals surface area (Å²) in [5, 5.41) is 0.861. The topological polar surface area (TPSA) is 42.3 Å². The number of rotatable bonds is 4. The van der Waals surface area contributed by atoms with Crippen molar-refractivity contribution >= 4 is 16.7 Å². The maximum atomic E-state index is 13.8. The van der Waals surface area contributed by atoms with Crippen LogP contribution in [0.15, 0.2) is 71.5 Å². The molecule has 0 spiro atoms. The molecule has 10 heteroatoms. The number of hydrogen-bond donors (Lipinski definition) is 0. The molecule has 0 bridgehead atoms. The van der Waals surface area contributed by atoms with Gasteiger partial charge < -0.3 is 9.47 Å². The van der Waals surface area contributed by atoms with E-state index in [0.717, 1.165) is 15.0 Å². The fourth-order valence-corrected chi connectivity index (χ4v) is 4.48. The average molecular weight is 532 g/mol. The van der Waals surface area contributed by atoms with Crippen molar-refractivity contribution in [2.45, 2.75) is 25.8 Å². The van der Waals surface area contributed by atoms with Crippen LogP contribution in [0.3, 0.4) is 0 Å². The minimum atomic E-state index is -5.02. The Morgan fingerprint density at radius 1 is 0.842 bits per heavy atom. The van der Waals surface area contributed by atoms with Crippen LogP contribution in [-0.2, 0) is 25.9 Å². The second-order valence-corrected chi connectivity index (χ2v) is 9.02. The van der Waals surface area contributed by atoms with Crippen LogP contribution < -0.4 is 5.56 Å². The van der Waals surface area contributed by atoms with Gasteiger partial charge in [0.15, 0.2) is 0 Å². The number of carbonyl (C=O) groups is 1. The van der Waals surface area contributed by atoms with Crippen molar-refractivity contribution in [3.05, 3.63) is 105 Å². The molecular formula is C28H22F6N2O2. The van der Waals surface area contributed by atoms with Gasteiger partial charge in [0.1, 0.15) is 5.69 Å². The number of amides is 1. The zero-order chi connectivity index (χ0) is 28.0. The summed E-state index contributed by atoms with van der Waals surface area (Å²) >= 11 is 0. The maximum Gasteiger partial charge on any atom is 0.416 e. The molecule has 4 nitrogen and oxygen atoms in total. The number of carbonyl (C=O) groups excluding carboxylic acids is 1. The first-order chi connectivity index (χ1) is 17.7. The van der Waals surface area contributed by atoms with E-state index in [9.17, 15) is 35.9 Å². The van der Waals surface area contributed by atoms with Gasteiger partial charge in [-0.05, 0) is 53.3 Å². The van der Waals surface area contributed by atoms with Crippen molar-refractivity contribution in [1.29, 1.82) is 0 Å². The smallest absolute Gasteiger partial charge is 0.336 e. The number of benzene rings is 3. The number of aryl methyl sites for hydroxylation is 1. The lowest BCUT2D eigenvalue weighted by atomic mass is 9.93. The van der Waals surface area contributed by atoms with Crippen molar-refractivity contribution in [3.8, 4) is 11.1 Å². The molecule has 1 aromatic heterocycles. The number of aromatic nitrogens is 1. The van der Waals surface area contributed by atoms with E-state index in [2.05, 4.69) is 0 Å². The Kier molecular flexibility index (Phi) is 6.86. The quantitative estimate of drug-likeness (QED) is 0.271. The van der Waals surface area contributed by atoms with Gasteiger partial charge in [-0.25, -0.2) is 0 Å². The van der Waals surface area contributed by atoms with Crippen LogP contribution in [0.25, 0.3) is 21.9 Å². The summed E-state index contributed by atoms with van der Waals surface area (Å²) in [5.41, 5.74) is -1.88. The standard InChI is InChI=1S/C28H22F6N2O2/c1-16-8-4-5-9-20(16)23-21-10-6-7-11-22(21)25(37)36(3)24(23)26(38)35(2)15-17-12-18(27(29,30)31)14-19(13-17)28(32,33)34/h4-14H,15H2,1-3H3. The number of hydrogen-bond acceptors (Lipinski definition) is 2. The summed E-state index contributed by atoms with van der Waals surface area (Å²) in [6, 6.07) is 15.1. The Morgan fingerprint density at radius 3 is 1.92 bits per heavy atom. The van der Waals surface area contributed by atoms with Crippen LogP contribution >= 0.6 is 0 Å². The number of halogens is 6. The molecule has 0 unspecified atom stereocenters. The van der Waals surface area contributed by atoms with E-state index in [1.807, 2.05) is 19.1 Å². The van der Waals surface area contributed by atoms with Gasteiger partial charge in [-0.2, -0.15) is 26.3 Å². The SMILES string of the molecule is Cc1ccccc1-c1c(C(=O)N(C)Cc2cc(C(F)(F)F)cc(C(F)(F)F)c2)n(C)c(=O)c2ccccc12. The summed E-state index contributed by atoms with van der Waals surface area (Å²) in [7, 11) is 2.67. The Morgan fingerprint density at radius 2 is 1.37 bits per heavy atom. The summed E-state index contributed by atoms with van der Waals surface area (Å²) in [4.78, 5) is 27.9. The highest BCUT2D eigenvalue weighted by molar-refractivity contribution is 6.08. The molecule has 1 amide bonds. The lowest BCUT2D eigenvalue weighted by Gasteiger charge is -2.24. The zero-order valence-corrected chi connectivity index (χ0v) is 20.5. The zero-order valence-electron chi connectivity index (χ0n) is 20.5. The molecule has 1 heterocycles. The van der Waals surface area contributed by atoms with Gasteiger partial charge in [-0.3, -0.25) is 9.59 Å². The van der Waals surface area contributed by atoms with Gasteiger partial charge in [-0.15, -0.1) is 0 Å². The Bertz CT molecular complexity index is 1570. The van der Waals surface area contributed by atoms with Gasteiger partial charge in [0, 0.05) is 31.6 Å². The first-order valence-corrected chi connectivity index (χ1v) is 11.4. The molecule has 0 radical (unpaired) electrons. The first kappa shape index (κ1) is 27.0. The Hall–Kier alpha value is -4.08. The van der Waals surface area contributed by atoms with Crippen molar-refractivity contribution in [3.63, 3.8) is 0 Å². The average Bonchev–Trinajstić information content (AvgIpc) is 2.85. The molecule has 0 aliphatic carbocycles. The fraction of sp³-hybridized carbons (Fsp3) is 0.214. The van der Waals surface area contributed by atoms with Crippen LogP contribution in [0.1, 0.15) is 32.7 Å². The normalized spacial score (nSPS) is 12.1. The third kappa shape index (κ3) is 5.03. The fourth-order valence-electron chi connectivity index (χ4n) is 4.48. The summed E-state index contributed by atoms with van der Waals surface area (Å²) < 4.78 is 81.2. The highest BCUT2D eigenvalue weighted by Crippen LogP contribution is 2.37. The Labute approximate surface area is 213 Å². The van der Waals surface area contributed by atoms with E-state index in [1.165, 1.54) is 14.1 Å². The predicted molar refractivity (Wildman–Crippen MR) is 132 cm³/mol. The first-order valence-electron chi connectivity index (χ1n) is 11.4. The van der Waals surface area contributed by atoms with E-state index >= 15 is 0 Å². The molecule has 0 fully saturated rings. The second kappa shape index (κ2) is 9.66. The summed E-state index contributed by atoms with van der Waals surface area (Å²) in [6.45, 7) is 1.27. The van der Waals surface area contributed by atoms with E-state index < -0.39 is 41.5 Å². The molecule has 0 atom stereocenters. The van der Waals surface area contributed by atoms with Gasteiger partial charge >= 0.3 is 12.4 Å². The minimum Gasteiger partial charge on any atom is -0.336 e. The van der Waals surface area contributed by atoms with Crippen LogP contribution in [0, 0.1) is 6.92 Å². The maximum absolute atomic E-state index is 13.8. The third-order valence-corrected chi connectivity index (χ3v) is 6.33. The number of fused-ring (bicyclic) bond motifs is 1. The second-order valence-electron chi connectivity index (χ2n) is 9.02. The van der Waals surface area contributed by atoms with E-state index in [4.69, 9.17) is 0 Å². The highest BCUT2D eigenvalue weighted by Gasteiger charge is 2.37. The van der Waals surface area contributed by atoms with Crippen molar-refractivity contribution in [2.75, 3.05) is 7.05 Å². The summed E-state index contributed by atoms with van der Waals surface area (Å²) in [5.74, 6) is -0.737. The van der Waals surface area contributed by atoms with Crippen molar-refractivity contribution in [2.24, 2.45) is 7.05 Å². The molecular weight excluding hydrogens is 510 g/mol. The van der Waals surface area contributed by atoms with Crippen molar-refractivity contribution in [1.82, 2.24) is 9.47 Å². The van der Waals surface area contributed by atoms with Crippen LogP contribution in [0.4, 0.5) is 26.3 Å². The van der Waals surface area contributed by atoms with E-state index in [0.29, 0.717) is 34.0 Å². The Balaban J connectivity index is 1.88. The van der Waals surface area contributed by atoms with Crippen LogP contribution in [-0.4, -0.2) is 22.4 Å². The van der Waals surface area contributed by atoms with E-state index in [-0.39, 0.29) is 17.3 Å². The van der Waals surface area contributed by atoms with Crippen LogP contribution in [0.2, 0.25) is 0 Å². The molecule has 4 rings (SSSR count). The third-order valence-electron chi connectivity index (χ3n) is 6.33. The van der Waals surface area contributed by atoms with E-state index in [1.54, 1.807) is 36.4 Å². The molecule has 0 aliphatic rings. The minimum absolute atomic E-state index is 0.0338. The van der Waals surface area contributed by atoms with Crippen molar-refractivity contribution < 1.29 is 31.1 Å². The number of nitrogens with zero attached hydrogens (tertiary/aromatic N) is 2. The lowest BCUT2D eigenvalue weighted by Crippen LogP contribution is -2.33. The molecule has 4 aromatic rings. The molecule has 0 saturated carbocycles. The van der Waals surface area contributed by atoms with Gasteiger partial charge in [0.05, 0.1) is 11.1 Å². The predicted octanol–water partition coefficient (Wildman–Crippen LogP) is 6.82. The monoisotopic (exact) mass is 532 g/mol. The van der Waals surface area contributed by atoms with Gasteiger partial charge in [0.25, 0.3) is 11.5 Å². The highest BCUT2D eigenvalue weighted by atomic mass is 19.4. The van der Waals surface area contributed by atoms with Crippen LogP contribution in [0.5, 0.6) is 0 Å². The largest absolute Gasteiger partial charge is 0.416 e. The molecule has 0 saturated heterocycles. The van der Waals surface area contributed by atoms with Gasteiger partial charge in [0.2, 0.25) is 0 Å². The number of pyridine rings is 1. The lowest BCUT2D eigenvalue weighted by molar-refractivity contribution is -0.143. The molecule has 0 aliphatic heterocycles. The summed E-state index contributed by atoms with van der Waals surface area (Å²) in [6.07, 6.45) is -10.0. The van der Waals surface area contributed by atoms with Gasteiger partial charge in [-0.1, -0.05) is 42.5 Å².